The first-order chi connectivity index (χ1) is 14.5. The number of benzene rings is 2. The minimum absolute atomic E-state index is 0.0437. The van der Waals surface area contributed by atoms with Crippen molar-refractivity contribution >= 4 is 17.2 Å². The number of nitro groups is 1. The number of hydrogen-bond donors (Lipinski definition) is 1. The Hall–Kier alpha value is -3.48. The van der Waals surface area contributed by atoms with E-state index in [2.05, 4.69) is 46.4 Å². The summed E-state index contributed by atoms with van der Waals surface area (Å²) >= 11 is 0. The van der Waals surface area contributed by atoms with Gasteiger partial charge in [0.25, 0.3) is 5.69 Å². The monoisotopic (exact) mass is 403 g/mol. The predicted molar refractivity (Wildman–Crippen MR) is 119 cm³/mol. The molecule has 2 aromatic carbocycles. The number of nitro benzene ring substituents is 1. The van der Waals surface area contributed by atoms with E-state index in [1.807, 2.05) is 19.1 Å². The van der Waals surface area contributed by atoms with Gasteiger partial charge in [-0.05, 0) is 44.4 Å². The maximum atomic E-state index is 11.1. The molecule has 0 amide bonds. The zero-order valence-electron chi connectivity index (χ0n) is 17.2. The molecule has 1 aliphatic heterocycles. The first-order valence-electron chi connectivity index (χ1n) is 10.2. The average Bonchev–Trinajstić information content (AvgIpc) is 2.74. The van der Waals surface area contributed by atoms with Gasteiger partial charge in [0, 0.05) is 54.3 Å². The largest absolute Gasteiger partial charge is 0.382 e. The number of nitrogens with zero attached hydrogens (tertiary/aromatic N) is 4. The summed E-state index contributed by atoms with van der Waals surface area (Å²) in [5, 5.41) is 14.7. The summed E-state index contributed by atoms with van der Waals surface area (Å²) in [6.45, 7) is 5.82. The standard InChI is InChI=1S/C23H25N5O2/c1-16-5-3-7-20(13-16)25-19-9-11-27(12-10-19)22-14-17(2)24-23(26-22)18-6-4-8-21(15-18)28(29)30/h3-8,13-15,19,25H,9-12H2,1-2H3. The van der Waals surface area contributed by atoms with E-state index in [1.54, 1.807) is 6.07 Å². The molecule has 1 aromatic heterocycles. The number of non-ortho nitro benzene ring substituents is 1. The maximum Gasteiger partial charge on any atom is 0.270 e. The molecule has 2 heterocycles. The van der Waals surface area contributed by atoms with Crippen molar-refractivity contribution in [2.75, 3.05) is 23.3 Å². The fourth-order valence-corrected chi connectivity index (χ4v) is 3.83. The Labute approximate surface area is 175 Å². The number of anilines is 2. The minimum atomic E-state index is -0.397. The Morgan fingerprint density at radius 2 is 1.80 bits per heavy atom. The van der Waals surface area contributed by atoms with Crippen LogP contribution in [0.3, 0.4) is 0 Å². The van der Waals surface area contributed by atoms with Gasteiger partial charge in [0.2, 0.25) is 0 Å². The molecule has 3 aromatic rings. The van der Waals surface area contributed by atoms with Crippen LogP contribution in [0.1, 0.15) is 24.1 Å². The van der Waals surface area contributed by atoms with Crippen LogP contribution in [0, 0.1) is 24.0 Å². The number of piperidine rings is 1. The van der Waals surface area contributed by atoms with Crippen molar-refractivity contribution in [3.8, 4) is 11.4 Å². The van der Waals surface area contributed by atoms with Gasteiger partial charge in [-0.15, -0.1) is 0 Å². The molecule has 1 saturated heterocycles. The lowest BCUT2D eigenvalue weighted by molar-refractivity contribution is -0.384. The van der Waals surface area contributed by atoms with Crippen LogP contribution in [0.4, 0.5) is 17.2 Å². The molecule has 7 heteroatoms. The molecule has 0 bridgehead atoms. The second-order valence-corrected chi connectivity index (χ2v) is 7.77. The summed E-state index contributed by atoms with van der Waals surface area (Å²) in [6, 6.07) is 17.4. The predicted octanol–water partition coefficient (Wildman–Crippen LogP) is 4.75. The Balaban J connectivity index is 1.48. The zero-order valence-corrected chi connectivity index (χ0v) is 17.2. The third-order valence-corrected chi connectivity index (χ3v) is 5.36. The van der Waals surface area contributed by atoms with Crippen LogP contribution in [-0.2, 0) is 0 Å². The zero-order chi connectivity index (χ0) is 21.1. The SMILES string of the molecule is Cc1cccc(NC2CCN(c3cc(C)nc(-c4cccc([N+](=O)[O-])c4)n3)CC2)c1. The molecule has 30 heavy (non-hydrogen) atoms. The lowest BCUT2D eigenvalue weighted by Gasteiger charge is -2.34. The van der Waals surface area contributed by atoms with Gasteiger partial charge < -0.3 is 10.2 Å². The molecule has 0 radical (unpaired) electrons. The minimum Gasteiger partial charge on any atom is -0.382 e. The van der Waals surface area contributed by atoms with E-state index >= 15 is 0 Å². The van der Waals surface area contributed by atoms with Crippen molar-refractivity contribution in [1.29, 1.82) is 0 Å². The quantitative estimate of drug-likeness (QED) is 0.489. The molecule has 7 nitrogen and oxygen atoms in total. The number of rotatable bonds is 5. The highest BCUT2D eigenvalue weighted by Gasteiger charge is 2.21. The third-order valence-electron chi connectivity index (χ3n) is 5.36. The second kappa shape index (κ2) is 8.49. The van der Waals surface area contributed by atoms with Crippen LogP contribution in [0.15, 0.2) is 54.6 Å². The van der Waals surface area contributed by atoms with E-state index in [0.717, 1.165) is 37.4 Å². The maximum absolute atomic E-state index is 11.1. The van der Waals surface area contributed by atoms with Gasteiger partial charge in [0.1, 0.15) is 5.82 Å². The number of nitrogens with one attached hydrogen (secondary N) is 1. The molecule has 1 N–H and O–H groups in total. The van der Waals surface area contributed by atoms with Gasteiger partial charge in [-0.2, -0.15) is 0 Å². The number of aromatic nitrogens is 2. The highest BCUT2D eigenvalue weighted by molar-refractivity contribution is 5.61. The Bertz CT molecular complexity index is 1060. The molecular weight excluding hydrogens is 378 g/mol. The van der Waals surface area contributed by atoms with E-state index in [0.29, 0.717) is 17.4 Å². The molecule has 0 saturated carbocycles. The van der Waals surface area contributed by atoms with Crippen LogP contribution in [-0.4, -0.2) is 34.0 Å². The highest BCUT2D eigenvalue weighted by Crippen LogP contribution is 2.26. The fraction of sp³-hybridized carbons (Fsp3) is 0.304. The highest BCUT2D eigenvalue weighted by atomic mass is 16.6. The van der Waals surface area contributed by atoms with E-state index in [1.165, 1.54) is 23.4 Å². The molecule has 0 atom stereocenters. The molecule has 4 rings (SSSR count). The van der Waals surface area contributed by atoms with E-state index in [-0.39, 0.29) is 5.69 Å². The summed E-state index contributed by atoms with van der Waals surface area (Å²) in [5.41, 5.74) is 3.97. The van der Waals surface area contributed by atoms with Crippen molar-refractivity contribution in [2.45, 2.75) is 32.7 Å². The summed E-state index contributed by atoms with van der Waals surface area (Å²) in [6.07, 6.45) is 2.03. The summed E-state index contributed by atoms with van der Waals surface area (Å²) in [4.78, 5) is 22.2. The normalized spacial score (nSPS) is 14.5. The lowest BCUT2D eigenvalue weighted by atomic mass is 10.0. The van der Waals surface area contributed by atoms with Gasteiger partial charge in [0.05, 0.1) is 4.92 Å². The lowest BCUT2D eigenvalue weighted by Crippen LogP contribution is -2.39. The smallest absolute Gasteiger partial charge is 0.270 e. The van der Waals surface area contributed by atoms with Crippen LogP contribution in [0.25, 0.3) is 11.4 Å². The molecule has 0 unspecified atom stereocenters. The average molecular weight is 403 g/mol. The van der Waals surface area contributed by atoms with Gasteiger partial charge >= 0.3 is 0 Å². The Morgan fingerprint density at radius 1 is 1.03 bits per heavy atom. The summed E-state index contributed by atoms with van der Waals surface area (Å²) < 4.78 is 0. The summed E-state index contributed by atoms with van der Waals surface area (Å²) in [7, 11) is 0. The van der Waals surface area contributed by atoms with Crippen molar-refractivity contribution in [2.24, 2.45) is 0 Å². The van der Waals surface area contributed by atoms with Crippen LogP contribution < -0.4 is 10.2 Å². The fourth-order valence-electron chi connectivity index (χ4n) is 3.83. The van der Waals surface area contributed by atoms with Crippen molar-refractivity contribution in [1.82, 2.24) is 9.97 Å². The molecule has 0 aliphatic carbocycles. The van der Waals surface area contributed by atoms with E-state index in [9.17, 15) is 10.1 Å². The molecule has 154 valence electrons. The van der Waals surface area contributed by atoms with Crippen molar-refractivity contribution in [3.05, 3.63) is 76.0 Å². The van der Waals surface area contributed by atoms with E-state index < -0.39 is 4.92 Å². The first kappa shape index (κ1) is 19.8. The molecule has 0 spiro atoms. The van der Waals surface area contributed by atoms with Crippen LogP contribution in [0.5, 0.6) is 0 Å². The topological polar surface area (TPSA) is 84.2 Å². The van der Waals surface area contributed by atoms with Gasteiger partial charge in [-0.3, -0.25) is 10.1 Å². The van der Waals surface area contributed by atoms with Gasteiger partial charge in [-0.25, -0.2) is 9.97 Å². The molecule has 1 aliphatic rings. The molecular formula is C23H25N5O2. The van der Waals surface area contributed by atoms with Gasteiger partial charge in [-0.1, -0.05) is 24.3 Å². The van der Waals surface area contributed by atoms with E-state index in [4.69, 9.17) is 4.98 Å². The third kappa shape index (κ3) is 4.56. The summed E-state index contributed by atoms with van der Waals surface area (Å²) in [5.74, 6) is 1.40. The van der Waals surface area contributed by atoms with Gasteiger partial charge in [0.15, 0.2) is 5.82 Å². The van der Waals surface area contributed by atoms with Crippen molar-refractivity contribution < 1.29 is 4.92 Å². The number of hydrogen-bond acceptors (Lipinski definition) is 6. The van der Waals surface area contributed by atoms with Crippen molar-refractivity contribution in [3.63, 3.8) is 0 Å². The Kier molecular flexibility index (Phi) is 5.61. The van der Waals surface area contributed by atoms with Crippen LogP contribution >= 0.6 is 0 Å². The Morgan fingerprint density at radius 3 is 2.53 bits per heavy atom. The second-order valence-electron chi connectivity index (χ2n) is 7.77. The first-order valence-corrected chi connectivity index (χ1v) is 10.2. The number of aryl methyl sites for hydroxylation is 2. The molecule has 1 fully saturated rings. The van der Waals surface area contributed by atoms with Crippen LogP contribution in [0.2, 0.25) is 0 Å².